The monoisotopic (exact) mass is 361 g/mol. The summed E-state index contributed by atoms with van der Waals surface area (Å²) in [6.07, 6.45) is 3.61. The van der Waals surface area contributed by atoms with Gasteiger partial charge in [-0.15, -0.1) is 12.4 Å². The summed E-state index contributed by atoms with van der Waals surface area (Å²) in [5.74, 6) is -0.356. The van der Waals surface area contributed by atoms with Gasteiger partial charge >= 0.3 is 0 Å². The van der Waals surface area contributed by atoms with Gasteiger partial charge < -0.3 is 11.1 Å². The second-order valence-electron chi connectivity index (χ2n) is 6.05. The molecule has 0 aliphatic heterocycles. The number of nitrogens with one attached hydrogen (secondary N) is 1. The highest BCUT2D eigenvalue weighted by Gasteiger charge is 2.37. The van der Waals surface area contributed by atoms with E-state index in [0.29, 0.717) is 10.6 Å². The Bertz CT molecular complexity index is 593. The molecule has 1 aliphatic rings. The molecule has 0 saturated heterocycles. The van der Waals surface area contributed by atoms with Crippen LogP contribution >= 0.6 is 24.0 Å². The average molecular weight is 362 g/mol. The number of nitro benzene ring substituents is 1. The molecule has 1 saturated carbocycles. The third-order valence-electron chi connectivity index (χ3n) is 4.26. The third kappa shape index (κ3) is 4.80. The van der Waals surface area contributed by atoms with Crippen LogP contribution in [0.2, 0.25) is 5.02 Å². The molecule has 128 valence electrons. The highest BCUT2D eigenvalue weighted by atomic mass is 35.5. The topological polar surface area (TPSA) is 98.3 Å². The summed E-state index contributed by atoms with van der Waals surface area (Å²) in [5.41, 5.74) is 6.18. The Kier molecular flexibility index (Phi) is 6.80. The maximum absolute atomic E-state index is 12.3. The number of hydrogen-bond donors (Lipinski definition) is 2. The van der Waals surface area contributed by atoms with Crippen molar-refractivity contribution >= 4 is 35.6 Å². The number of halogens is 2. The summed E-state index contributed by atoms with van der Waals surface area (Å²) >= 11 is 6.03. The molecular weight excluding hydrogens is 341 g/mol. The fourth-order valence-electron chi connectivity index (χ4n) is 2.90. The van der Waals surface area contributed by atoms with Crippen LogP contribution in [-0.2, 0) is 11.3 Å². The minimum absolute atomic E-state index is 0. The lowest BCUT2D eigenvalue weighted by atomic mass is 9.74. The van der Waals surface area contributed by atoms with Gasteiger partial charge in [0.05, 0.1) is 10.8 Å². The van der Waals surface area contributed by atoms with E-state index in [-0.39, 0.29) is 36.5 Å². The Morgan fingerprint density at radius 3 is 2.83 bits per heavy atom. The van der Waals surface area contributed by atoms with Crippen LogP contribution < -0.4 is 11.1 Å². The Morgan fingerprint density at radius 1 is 1.52 bits per heavy atom. The van der Waals surface area contributed by atoms with Gasteiger partial charge in [-0.25, -0.2) is 0 Å². The van der Waals surface area contributed by atoms with E-state index in [4.69, 9.17) is 17.3 Å². The van der Waals surface area contributed by atoms with Crippen LogP contribution in [0.4, 0.5) is 5.69 Å². The Labute approximate surface area is 146 Å². The van der Waals surface area contributed by atoms with Gasteiger partial charge in [0, 0.05) is 29.2 Å². The summed E-state index contributed by atoms with van der Waals surface area (Å²) in [5, 5.41) is 14.0. The third-order valence-corrected chi connectivity index (χ3v) is 4.63. The lowest BCUT2D eigenvalue weighted by Gasteiger charge is -2.37. The van der Waals surface area contributed by atoms with E-state index in [0.717, 1.165) is 25.7 Å². The summed E-state index contributed by atoms with van der Waals surface area (Å²) in [6, 6.07) is 4.19. The minimum Gasteiger partial charge on any atom is -0.352 e. The fraction of sp³-hybridized carbons (Fsp3) is 0.533. The minimum atomic E-state index is -0.505. The average Bonchev–Trinajstić information content (AvgIpc) is 2.45. The van der Waals surface area contributed by atoms with Gasteiger partial charge in [0.1, 0.15) is 0 Å². The molecule has 8 heteroatoms. The van der Waals surface area contributed by atoms with Crippen LogP contribution in [0, 0.1) is 16.0 Å². The molecule has 2 rings (SSSR count). The Morgan fingerprint density at radius 2 is 2.22 bits per heavy atom. The molecule has 0 aromatic heterocycles. The number of nitro groups is 1. The maximum Gasteiger partial charge on any atom is 0.269 e. The molecule has 1 aliphatic carbocycles. The predicted octanol–water partition coefficient (Wildman–Crippen LogP) is 3.19. The number of benzene rings is 1. The van der Waals surface area contributed by atoms with Crippen molar-refractivity contribution in [3.8, 4) is 0 Å². The molecule has 3 N–H and O–H groups in total. The molecule has 1 aromatic carbocycles. The number of amides is 1. The molecule has 2 unspecified atom stereocenters. The summed E-state index contributed by atoms with van der Waals surface area (Å²) in [6.45, 7) is 2.06. The van der Waals surface area contributed by atoms with E-state index in [9.17, 15) is 14.9 Å². The molecule has 2 atom stereocenters. The van der Waals surface area contributed by atoms with Crippen LogP contribution in [0.1, 0.15) is 38.2 Å². The van der Waals surface area contributed by atoms with Gasteiger partial charge in [-0.05, 0) is 31.4 Å². The van der Waals surface area contributed by atoms with Crippen molar-refractivity contribution in [1.82, 2.24) is 5.32 Å². The van der Waals surface area contributed by atoms with Crippen molar-refractivity contribution in [2.45, 2.75) is 44.7 Å². The number of carbonyl (C=O) groups excluding carboxylic acids is 1. The maximum atomic E-state index is 12.3. The van der Waals surface area contributed by atoms with E-state index in [1.165, 1.54) is 18.2 Å². The number of nitrogens with two attached hydrogens (primary N) is 1. The second-order valence-corrected chi connectivity index (χ2v) is 6.46. The molecule has 1 fully saturated rings. The van der Waals surface area contributed by atoms with Crippen molar-refractivity contribution < 1.29 is 9.72 Å². The van der Waals surface area contributed by atoms with Gasteiger partial charge in [0.2, 0.25) is 5.91 Å². The van der Waals surface area contributed by atoms with Crippen molar-refractivity contribution in [2.75, 3.05) is 0 Å². The Balaban J connectivity index is 0.00000264. The molecule has 0 radical (unpaired) electrons. The van der Waals surface area contributed by atoms with Crippen molar-refractivity contribution in [3.63, 3.8) is 0 Å². The van der Waals surface area contributed by atoms with Crippen molar-refractivity contribution in [2.24, 2.45) is 11.7 Å². The van der Waals surface area contributed by atoms with E-state index in [1.54, 1.807) is 0 Å². The molecule has 23 heavy (non-hydrogen) atoms. The summed E-state index contributed by atoms with van der Waals surface area (Å²) < 4.78 is 0. The van der Waals surface area contributed by atoms with Gasteiger partial charge in [-0.3, -0.25) is 14.9 Å². The van der Waals surface area contributed by atoms with Crippen LogP contribution in [0.15, 0.2) is 18.2 Å². The zero-order valence-electron chi connectivity index (χ0n) is 12.9. The van der Waals surface area contributed by atoms with E-state index < -0.39 is 10.5 Å². The fourth-order valence-corrected chi connectivity index (χ4v) is 3.09. The second kappa shape index (κ2) is 7.95. The van der Waals surface area contributed by atoms with Crippen LogP contribution in [0.25, 0.3) is 0 Å². The highest BCUT2D eigenvalue weighted by molar-refractivity contribution is 6.31. The molecule has 1 amide bonds. The SMILES string of the molecule is CC1(N)CCCCC1C(=O)NCc1cc([N+](=O)[O-])ccc1Cl.Cl. The molecule has 0 spiro atoms. The molecular formula is C15H21Cl2N3O3. The first kappa shape index (κ1) is 19.7. The van der Waals surface area contributed by atoms with Gasteiger partial charge in [-0.2, -0.15) is 0 Å². The van der Waals surface area contributed by atoms with E-state index in [1.807, 2.05) is 6.92 Å². The normalized spacial score (nSPS) is 23.7. The Hall–Kier alpha value is -1.37. The van der Waals surface area contributed by atoms with Gasteiger partial charge in [0.25, 0.3) is 5.69 Å². The number of non-ortho nitro benzene ring substituents is 1. The first-order valence-corrected chi connectivity index (χ1v) is 7.68. The number of rotatable bonds is 4. The smallest absolute Gasteiger partial charge is 0.269 e. The summed E-state index contributed by atoms with van der Waals surface area (Å²) in [4.78, 5) is 22.7. The quantitative estimate of drug-likeness (QED) is 0.635. The van der Waals surface area contributed by atoms with Crippen molar-refractivity contribution in [1.29, 1.82) is 0 Å². The van der Waals surface area contributed by atoms with Crippen molar-refractivity contribution in [3.05, 3.63) is 38.9 Å². The zero-order chi connectivity index (χ0) is 16.3. The summed E-state index contributed by atoms with van der Waals surface area (Å²) in [7, 11) is 0. The number of nitrogens with zero attached hydrogens (tertiary/aromatic N) is 1. The van der Waals surface area contributed by atoms with Crippen LogP contribution in [0.3, 0.4) is 0 Å². The highest BCUT2D eigenvalue weighted by Crippen LogP contribution is 2.32. The molecule has 0 bridgehead atoms. The number of carbonyl (C=O) groups is 1. The first-order chi connectivity index (χ1) is 10.3. The van der Waals surface area contributed by atoms with Gasteiger partial charge in [-0.1, -0.05) is 24.4 Å². The standard InChI is InChI=1S/C15H20ClN3O3.ClH/c1-15(17)7-3-2-4-12(15)14(20)18-9-10-8-11(19(21)22)5-6-13(10)16;/h5-6,8,12H,2-4,7,9,17H2,1H3,(H,18,20);1H. The zero-order valence-corrected chi connectivity index (χ0v) is 14.5. The predicted molar refractivity (Wildman–Crippen MR) is 91.8 cm³/mol. The van der Waals surface area contributed by atoms with Gasteiger partial charge in [0.15, 0.2) is 0 Å². The van der Waals surface area contributed by atoms with E-state index in [2.05, 4.69) is 5.32 Å². The van der Waals surface area contributed by atoms with Crippen LogP contribution in [-0.4, -0.2) is 16.4 Å². The lowest BCUT2D eigenvalue weighted by molar-refractivity contribution is -0.384. The largest absolute Gasteiger partial charge is 0.352 e. The lowest BCUT2D eigenvalue weighted by Crippen LogP contribution is -2.52. The molecule has 0 heterocycles. The molecule has 1 aromatic rings. The molecule has 6 nitrogen and oxygen atoms in total. The number of hydrogen-bond acceptors (Lipinski definition) is 4. The van der Waals surface area contributed by atoms with Crippen LogP contribution in [0.5, 0.6) is 0 Å². The first-order valence-electron chi connectivity index (χ1n) is 7.30. The van der Waals surface area contributed by atoms with E-state index >= 15 is 0 Å².